The van der Waals surface area contributed by atoms with Crippen LogP contribution in [0.2, 0.25) is 0 Å². The lowest BCUT2D eigenvalue weighted by atomic mass is 9.97. The predicted molar refractivity (Wildman–Crippen MR) is 59.9 cm³/mol. The number of hydrogen-bond donors (Lipinski definition) is 0. The van der Waals surface area contributed by atoms with E-state index in [0.29, 0.717) is 24.1 Å². The van der Waals surface area contributed by atoms with Crippen LogP contribution in [0.3, 0.4) is 0 Å². The first-order valence-corrected chi connectivity index (χ1v) is 4.55. The number of allylic oxidation sites excluding steroid dienone is 4. The first kappa shape index (κ1) is 4.43. The molecule has 1 heteroatoms. The Morgan fingerprint density at radius 1 is 1.21 bits per heavy atom. The van der Waals surface area contributed by atoms with Gasteiger partial charge in [0.1, 0.15) is 0 Å². The van der Waals surface area contributed by atoms with Crippen molar-refractivity contribution in [3.8, 4) is 0 Å². The summed E-state index contributed by atoms with van der Waals surface area (Å²) >= 11 is 0. The number of aromatic nitrogens is 1. The lowest BCUT2D eigenvalue weighted by molar-refractivity contribution is 0.967. The molecule has 14 heavy (non-hydrogen) atoms. The maximum Gasteiger partial charge on any atom is 0.0661 e. The Kier molecular flexibility index (Phi) is 1.20. The Bertz CT molecular complexity index is 548. The molecule has 1 aromatic rings. The summed E-state index contributed by atoms with van der Waals surface area (Å²) in [6, 6.07) is 3.21. The van der Waals surface area contributed by atoms with Gasteiger partial charge in [-0.2, -0.15) is 0 Å². The van der Waals surface area contributed by atoms with E-state index < -0.39 is 13.7 Å². The standard InChI is InChI=1S/C13H15N/c1-10-3-6-12(7-4-10)13-8-5-11(2)9-14-13/h3,5-6,8-9H,4,7H2,1-2H3/i1D3,2D3. The van der Waals surface area contributed by atoms with Crippen LogP contribution in [-0.4, -0.2) is 4.98 Å². The van der Waals surface area contributed by atoms with E-state index in [1.807, 2.05) is 0 Å². The molecule has 0 bridgehead atoms. The Labute approximate surface area is 93.6 Å². The molecular formula is C13H15N. The monoisotopic (exact) mass is 191 g/mol. The molecule has 0 unspecified atom stereocenters. The molecule has 0 spiro atoms. The topological polar surface area (TPSA) is 12.9 Å². The van der Waals surface area contributed by atoms with Gasteiger partial charge in [0, 0.05) is 14.4 Å². The van der Waals surface area contributed by atoms with E-state index in [1.54, 1.807) is 24.3 Å². The van der Waals surface area contributed by atoms with Gasteiger partial charge >= 0.3 is 0 Å². The molecule has 1 aliphatic rings. The molecule has 0 aromatic carbocycles. The molecule has 0 fully saturated rings. The third kappa shape index (κ3) is 1.92. The van der Waals surface area contributed by atoms with Crippen LogP contribution in [0.25, 0.3) is 5.57 Å². The highest BCUT2D eigenvalue weighted by Gasteiger charge is 2.06. The van der Waals surface area contributed by atoms with Crippen LogP contribution in [0.4, 0.5) is 0 Å². The highest BCUT2D eigenvalue weighted by atomic mass is 14.7. The third-order valence-corrected chi connectivity index (χ3v) is 2.24. The summed E-state index contributed by atoms with van der Waals surface area (Å²) in [5.41, 5.74) is 2.27. The second-order valence-corrected chi connectivity index (χ2v) is 3.32. The molecule has 0 amide bonds. The highest BCUT2D eigenvalue weighted by molar-refractivity contribution is 5.66. The summed E-state index contributed by atoms with van der Waals surface area (Å²) in [5, 5.41) is 0. The predicted octanol–water partition coefficient (Wildman–Crippen LogP) is 3.51. The average Bonchev–Trinajstić information content (AvgIpc) is 2.37. The Balaban J connectivity index is 2.22. The lowest BCUT2D eigenvalue weighted by Crippen LogP contribution is -1.94. The molecule has 1 aliphatic carbocycles. The summed E-state index contributed by atoms with van der Waals surface area (Å²) in [7, 11) is 0. The maximum atomic E-state index is 7.35. The van der Waals surface area contributed by atoms with E-state index in [0.717, 1.165) is 5.57 Å². The fourth-order valence-corrected chi connectivity index (χ4v) is 1.43. The molecule has 1 aromatic heterocycles. The lowest BCUT2D eigenvalue weighted by Gasteiger charge is -2.11. The smallest absolute Gasteiger partial charge is 0.0661 e. The Morgan fingerprint density at radius 2 is 2.21 bits per heavy atom. The summed E-state index contributed by atoms with van der Waals surface area (Å²) in [6.45, 7) is -4.19. The molecule has 0 aliphatic heterocycles. The van der Waals surface area contributed by atoms with Crippen LogP contribution in [-0.2, 0) is 0 Å². The SMILES string of the molecule is [2H]C([2H])([2H])C1=CC=C(c2ccc(C([2H])([2H])[2H])cn2)CC1. The van der Waals surface area contributed by atoms with Gasteiger partial charge in [0.25, 0.3) is 0 Å². The number of rotatable bonds is 1. The van der Waals surface area contributed by atoms with Crippen molar-refractivity contribution in [2.75, 3.05) is 0 Å². The molecule has 1 nitrogen and oxygen atoms in total. The number of aryl methyl sites for hydroxylation is 1. The summed E-state index contributed by atoms with van der Waals surface area (Å²) in [5.74, 6) is 0. The van der Waals surface area contributed by atoms with E-state index in [-0.39, 0.29) is 5.56 Å². The van der Waals surface area contributed by atoms with E-state index in [2.05, 4.69) is 4.98 Å². The summed E-state index contributed by atoms with van der Waals surface area (Å²) in [4.78, 5) is 4.16. The van der Waals surface area contributed by atoms with Crippen LogP contribution in [0.5, 0.6) is 0 Å². The molecule has 0 N–H and O–H groups in total. The van der Waals surface area contributed by atoms with E-state index in [4.69, 9.17) is 8.22 Å². The quantitative estimate of drug-likeness (QED) is 0.662. The van der Waals surface area contributed by atoms with Crippen LogP contribution in [0.1, 0.15) is 39.2 Å². The Hall–Kier alpha value is -1.37. The molecule has 1 heterocycles. The summed E-state index contributed by atoms with van der Waals surface area (Å²) < 4.78 is 43.9. The zero-order valence-electron chi connectivity index (χ0n) is 13.7. The molecular weight excluding hydrogens is 170 g/mol. The van der Waals surface area contributed by atoms with Crippen molar-refractivity contribution in [1.29, 1.82) is 0 Å². The van der Waals surface area contributed by atoms with Gasteiger partial charge in [-0.15, -0.1) is 0 Å². The van der Waals surface area contributed by atoms with Crippen LogP contribution in [0, 0.1) is 6.85 Å². The normalized spacial score (nSPS) is 24.3. The van der Waals surface area contributed by atoms with Crippen molar-refractivity contribution in [1.82, 2.24) is 4.98 Å². The first-order valence-electron chi connectivity index (χ1n) is 7.55. The maximum absolute atomic E-state index is 7.35. The largest absolute Gasteiger partial charge is 0.256 e. The van der Waals surface area contributed by atoms with Gasteiger partial charge in [0.05, 0.1) is 5.69 Å². The van der Waals surface area contributed by atoms with Crippen molar-refractivity contribution >= 4 is 5.57 Å². The van der Waals surface area contributed by atoms with Crippen molar-refractivity contribution < 1.29 is 8.22 Å². The zero-order valence-corrected chi connectivity index (χ0v) is 7.75. The minimum Gasteiger partial charge on any atom is -0.256 e. The van der Waals surface area contributed by atoms with Crippen molar-refractivity contribution in [3.05, 3.63) is 47.3 Å². The minimum atomic E-state index is -2.15. The molecule has 0 radical (unpaired) electrons. The highest BCUT2D eigenvalue weighted by Crippen LogP contribution is 2.24. The number of nitrogens with zero attached hydrogens (tertiary/aromatic N) is 1. The van der Waals surface area contributed by atoms with Gasteiger partial charge in [-0.05, 0) is 43.7 Å². The Morgan fingerprint density at radius 3 is 2.79 bits per heavy atom. The first-order chi connectivity index (χ1) is 9.18. The average molecular weight is 191 g/mol. The van der Waals surface area contributed by atoms with Crippen molar-refractivity contribution in [2.45, 2.75) is 26.5 Å². The van der Waals surface area contributed by atoms with Gasteiger partial charge in [0.2, 0.25) is 0 Å². The zero-order chi connectivity index (χ0) is 15.0. The molecule has 2 rings (SSSR count). The molecule has 72 valence electrons. The number of hydrogen-bond acceptors (Lipinski definition) is 1. The number of pyridine rings is 1. The second-order valence-electron chi connectivity index (χ2n) is 3.32. The van der Waals surface area contributed by atoms with Crippen molar-refractivity contribution in [2.24, 2.45) is 0 Å². The van der Waals surface area contributed by atoms with E-state index in [1.165, 1.54) is 6.20 Å². The second kappa shape index (κ2) is 3.79. The van der Waals surface area contributed by atoms with E-state index >= 15 is 0 Å². The molecule has 0 saturated carbocycles. The van der Waals surface area contributed by atoms with E-state index in [9.17, 15) is 0 Å². The molecule has 0 saturated heterocycles. The third-order valence-electron chi connectivity index (χ3n) is 2.24. The van der Waals surface area contributed by atoms with Gasteiger partial charge in [0.15, 0.2) is 0 Å². The van der Waals surface area contributed by atoms with Crippen molar-refractivity contribution in [3.63, 3.8) is 0 Å². The van der Waals surface area contributed by atoms with Gasteiger partial charge < -0.3 is 0 Å². The van der Waals surface area contributed by atoms with Crippen LogP contribution >= 0.6 is 0 Å². The summed E-state index contributed by atoms with van der Waals surface area (Å²) in [6.07, 6.45) is 5.80. The van der Waals surface area contributed by atoms with Crippen LogP contribution < -0.4 is 0 Å². The van der Waals surface area contributed by atoms with Crippen LogP contribution in [0.15, 0.2) is 36.1 Å². The fraction of sp³-hybridized carbons (Fsp3) is 0.308. The minimum absolute atomic E-state index is 0.205. The van der Waals surface area contributed by atoms with Gasteiger partial charge in [-0.1, -0.05) is 23.8 Å². The van der Waals surface area contributed by atoms with Gasteiger partial charge in [-0.3, -0.25) is 4.98 Å². The fourth-order valence-electron chi connectivity index (χ4n) is 1.43. The molecule has 0 atom stereocenters. The van der Waals surface area contributed by atoms with Gasteiger partial charge in [-0.25, -0.2) is 0 Å².